The molecule has 0 unspecified atom stereocenters. The van der Waals surface area contributed by atoms with E-state index in [1.54, 1.807) is 24.3 Å². The fraction of sp³-hybridized carbons (Fsp3) is 0.391. The van der Waals surface area contributed by atoms with E-state index in [2.05, 4.69) is 42.0 Å². The summed E-state index contributed by atoms with van der Waals surface area (Å²) in [5, 5.41) is 2.75. The Bertz CT molecular complexity index is 876. The van der Waals surface area contributed by atoms with Crippen LogP contribution in [0.5, 0.6) is 5.75 Å². The maximum Gasteiger partial charge on any atom is 0.338 e. The summed E-state index contributed by atoms with van der Waals surface area (Å²) in [6.45, 7) is 9.08. The zero-order valence-electron chi connectivity index (χ0n) is 17.8. The molecule has 0 atom stereocenters. The van der Waals surface area contributed by atoms with Crippen LogP contribution in [-0.2, 0) is 19.7 Å². The van der Waals surface area contributed by atoms with Gasteiger partial charge in [-0.05, 0) is 48.7 Å². The van der Waals surface area contributed by atoms with Gasteiger partial charge in [-0.1, -0.05) is 42.8 Å². The van der Waals surface area contributed by atoms with Gasteiger partial charge in [-0.15, -0.1) is 0 Å². The van der Waals surface area contributed by atoms with Gasteiger partial charge in [0.2, 0.25) is 0 Å². The van der Waals surface area contributed by atoms with Crippen LogP contribution in [0.1, 0.15) is 43.6 Å². The molecule has 0 aliphatic heterocycles. The minimum absolute atomic E-state index is 0.132. The molecule has 0 aliphatic rings. The first-order valence-electron chi connectivity index (χ1n) is 9.78. The van der Waals surface area contributed by atoms with Crippen LogP contribution in [0.15, 0.2) is 46.9 Å². The van der Waals surface area contributed by atoms with E-state index in [4.69, 9.17) is 14.2 Å². The van der Waals surface area contributed by atoms with Gasteiger partial charge in [0.1, 0.15) is 12.4 Å². The highest BCUT2D eigenvalue weighted by Crippen LogP contribution is 2.33. The van der Waals surface area contributed by atoms with Gasteiger partial charge in [0.05, 0.1) is 12.2 Å². The summed E-state index contributed by atoms with van der Waals surface area (Å²) in [6.07, 6.45) is 0. The van der Waals surface area contributed by atoms with Crippen LogP contribution in [0.3, 0.4) is 0 Å². The first kappa shape index (κ1) is 23.9. The second kappa shape index (κ2) is 11.1. The van der Waals surface area contributed by atoms with Gasteiger partial charge < -0.3 is 19.5 Å². The molecule has 0 spiro atoms. The van der Waals surface area contributed by atoms with Crippen LogP contribution in [0.4, 0.5) is 5.69 Å². The summed E-state index contributed by atoms with van der Waals surface area (Å²) in [6, 6.07) is 12.3. The zero-order valence-corrected chi connectivity index (χ0v) is 19.4. The van der Waals surface area contributed by atoms with Crippen molar-refractivity contribution in [2.75, 3.05) is 31.7 Å². The van der Waals surface area contributed by atoms with Crippen LogP contribution in [0.25, 0.3) is 0 Å². The molecule has 2 aromatic rings. The zero-order chi connectivity index (χ0) is 22.1. The van der Waals surface area contributed by atoms with E-state index in [0.717, 1.165) is 10.0 Å². The highest BCUT2D eigenvalue weighted by Gasteiger charge is 2.20. The number of carbonyl (C=O) groups excluding carboxylic acids is 2. The molecule has 1 N–H and O–H groups in total. The first-order chi connectivity index (χ1) is 14.2. The third-order valence-corrected chi connectivity index (χ3v) is 4.65. The lowest BCUT2D eigenvalue weighted by Gasteiger charge is -2.23. The lowest BCUT2D eigenvalue weighted by atomic mass is 9.86. The van der Waals surface area contributed by atoms with Crippen LogP contribution >= 0.6 is 15.9 Å². The Morgan fingerprint density at radius 2 is 1.83 bits per heavy atom. The van der Waals surface area contributed by atoms with E-state index in [1.807, 2.05) is 25.1 Å². The predicted octanol–water partition coefficient (Wildman–Crippen LogP) is 4.96. The molecule has 0 aromatic heterocycles. The van der Waals surface area contributed by atoms with E-state index in [-0.39, 0.29) is 24.5 Å². The number of carbonyl (C=O) groups is 2. The highest BCUT2D eigenvalue weighted by atomic mass is 79.9. The fourth-order valence-corrected chi connectivity index (χ4v) is 3.06. The average Bonchev–Trinajstić information content (AvgIpc) is 2.69. The number of amides is 1. The van der Waals surface area contributed by atoms with E-state index in [9.17, 15) is 9.59 Å². The van der Waals surface area contributed by atoms with Crippen molar-refractivity contribution in [1.82, 2.24) is 0 Å². The van der Waals surface area contributed by atoms with Crippen molar-refractivity contribution < 1.29 is 23.8 Å². The number of benzene rings is 2. The number of hydrogen-bond acceptors (Lipinski definition) is 5. The third-order valence-electron chi connectivity index (χ3n) is 4.16. The van der Waals surface area contributed by atoms with Crippen LogP contribution in [0, 0.1) is 0 Å². The summed E-state index contributed by atoms with van der Waals surface area (Å²) in [5.74, 6) is -0.126. The molecule has 0 radical (unpaired) electrons. The largest absolute Gasteiger partial charge is 0.483 e. The number of ether oxygens (including phenoxy) is 3. The Labute approximate surface area is 186 Å². The topological polar surface area (TPSA) is 73.9 Å². The van der Waals surface area contributed by atoms with Gasteiger partial charge in [-0.2, -0.15) is 0 Å². The maximum absolute atomic E-state index is 12.4. The highest BCUT2D eigenvalue weighted by molar-refractivity contribution is 9.10. The number of esters is 1. The standard InChI is InChI=1S/C23H28BrNO5/c1-5-28-11-12-29-22(27)16-7-6-8-18(13-16)25-21(26)15-30-20-10-9-17(24)14-19(20)23(2,3)4/h6-10,13-14H,5,11-12,15H2,1-4H3,(H,25,26). The lowest BCUT2D eigenvalue weighted by Crippen LogP contribution is -2.22. The van der Waals surface area contributed by atoms with Crippen molar-refractivity contribution in [2.24, 2.45) is 0 Å². The van der Waals surface area contributed by atoms with Crippen molar-refractivity contribution in [3.05, 3.63) is 58.1 Å². The number of halogens is 1. The maximum atomic E-state index is 12.4. The quantitative estimate of drug-likeness (QED) is 0.408. The molecule has 0 aliphatic carbocycles. The van der Waals surface area contributed by atoms with Gasteiger partial charge in [-0.25, -0.2) is 4.79 Å². The number of nitrogens with one attached hydrogen (secondary N) is 1. The smallest absolute Gasteiger partial charge is 0.338 e. The molecule has 0 saturated heterocycles. The van der Waals surface area contributed by atoms with Gasteiger partial charge in [0.15, 0.2) is 6.61 Å². The molecule has 1 amide bonds. The van der Waals surface area contributed by atoms with E-state index in [1.165, 1.54) is 0 Å². The van der Waals surface area contributed by atoms with Gasteiger partial charge in [0.25, 0.3) is 5.91 Å². The summed E-state index contributed by atoms with van der Waals surface area (Å²) in [4.78, 5) is 24.5. The first-order valence-corrected chi connectivity index (χ1v) is 10.6. The molecule has 0 heterocycles. The Balaban J connectivity index is 1.95. The van der Waals surface area contributed by atoms with Gasteiger partial charge in [-0.3, -0.25) is 4.79 Å². The molecule has 7 heteroatoms. The fourth-order valence-electron chi connectivity index (χ4n) is 2.70. The van der Waals surface area contributed by atoms with Crippen molar-refractivity contribution in [2.45, 2.75) is 33.1 Å². The predicted molar refractivity (Wildman–Crippen MR) is 120 cm³/mol. The Morgan fingerprint density at radius 1 is 1.07 bits per heavy atom. The molecule has 162 valence electrons. The van der Waals surface area contributed by atoms with E-state index < -0.39 is 5.97 Å². The SMILES string of the molecule is CCOCCOC(=O)c1cccc(NC(=O)COc2ccc(Br)cc2C(C)(C)C)c1. The third kappa shape index (κ3) is 7.46. The second-order valence-electron chi connectivity index (χ2n) is 7.64. The molecule has 30 heavy (non-hydrogen) atoms. The summed E-state index contributed by atoms with van der Waals surface area (Å²) >= 11 is 3.48. The number of hydrogen-bond donors (Lipinski definition) is 1. The molecule has 2 rings (SSSR count). The number of anilines is 1. The van der Waals surface area contributed by atoms with Crippen molar-refractivity contribution in [1.29, 1.82) is 0 Å². The molecular formula is C23H28BrNO5. The average molecular weight is 478 g/mol. The Hall–Kier alpha value is -2.38. The Kier molecular flexibility index (Phi) is 8.87. The van der Waals surface area contributed by atoms with Crippen LogP contribution in [0.2, 0.25) is 0 Å². The van der Waals surface area contributed by atoms with Crippen molar-refractivity contribution >= 4 is 33.5 Å². The van der Waals surface area contributed by atoms with Crippen molar-refractivity contribution in [3.63, 3.8) is 0 Å². The minimum atomic E-state index is -0.466. The monoisotopic (exact) mass is 477 g/mol. The van der Waals surface area contributed by atoms with E-state index >= 15 is 0 Å². The molecular weight excluding hydrogens is 450 g/mol. The summed E-state index contributed by atoms with van der Waals surface area (Å²) in [5.41, 5.74) is 1.72. The van der Waals surface area contributed by atoms with Crippen LogP contribution in [-0.4, -0.2) is 38.3 Å². The summed E-state index contributed by atoms with van der Waals surface area (Å²) in [7, 11) is 0. The van der Waals surface area contributed by atoms with E-state index in [0.29, 0.717) is 30.2 Å². The normalized spacial score (nSPS) is 11.1. The Morgan fingerprint density at radius 3 is 2.53 bits per heavy atom. The molecule has 0 fully saturated rings. The number of rotatable bonds is 9. The van der Waals surface area contributed by atoms with Gasteiger partial charge >= 0.3 is 5.97 Å². The van der Waals surface area contributed by atoms with Crippen molar-refractivity contribution in [3.8, 4) is 5.75 Å². The summed E-state index contributed by atoms with van der Waals surface area (Å²) < 4.78 is 17.0. The molecule has 6 nitrogen and oxygen atoms in total. The molecule has 0 saturated carbocycles. The molecule has 0 bridgehead atoms. The molecule has 2 aromatic carbocycles. The van der Waals surface area contributed by atoms with Gasteiger partial charge in [0, 0.05) is 22.3 Å². The minimum Gasteiger partial charge on any atom is -0.483 e. The second-order valence-corrected chi connectivity index (χ2v) is 8.56. The van der Waals surface area contributed by atoms with Crippen LogP contribution < -0.4 is 10.1 Å². The lowest BCUT2D eigenvalue weighted by molar-refractivity contribution is -0.118.